The summed E-state index contributed by atoms with van der Waals surface area (Å²) in [6, 6.07) is 19.2. The van der Waals surface area contributed by atoms with E-state index in [-0.39, 0.29) is 75.8 Å². The molecule has 0 spiro atoms. The van der Waals surface area contributed by atoms with E-state index in [9.17, 15) is 28.8 Å². The van der Waals surface area contributed by atoms with Crippen molar-refractivity contribution in [3.8, 4) is 16.2 Å². The Labute approximate surface area is 483 Å². The molecule has 2 aliphatic rings. The standard InChI is InChI=1S/C57H76ClN10O11PS/c1-38-51(81-37-61-38)40-14-12-39(13-15-40)34-59-54(72)46-33-42(69)36-68(46)55(73)52(57(2,3)4)64-49(70)18-24-76-26-28-78-30-31-79-29-27-77-25-19-50(71)67-22-20-66(21-23-67)41-16-17-44(47(32-41)75-5)63-56-60-35-43(58)53(65-56)62-45-10-8-9-11-48(45)80(6,7)74/h8-17,32,35,37,42,46,52,69H,18-31,33-34,36H2,1-7H3,(H,59,72)(H,64,70)(H2,60,62,63,65)/t42-,46+,52?/m1/s1. The van der Waals surface area contributed by atoms with Crippen LogP contribution in [-0.4, -0.2) is 178 Å². The van der Waals surface area contributed by atoms with Crippen LogP contribution in [-0.2, 0) is 49.2 Å². The Balaban J connectivity index is 0.713. The number of carbonyl (C=O) groups excluding carboxylic acids is 4. The molecular weight excluding hydrogens is 1100 g/mol. The Morgan fingerprint density at radius 1 is 0.840 bits per heavy atom. The van der Waals surface area contributed by atoms with Crippen LogP contribution in [0.25, 0.3) is 10.4 Å². The van der Waals surface area contributed by atoms with Crippen molar-refractivity contribution >= 4 is 87.8 Å². The van der Waals surface area contributed by atoms with Crippen molar-refractivity contribution in [2.24, 2.45) is 5.41 Å². The van der Waals surface area contributed by atoms with Gasteiger partial charge in [0, 0.05) is 69.2 Å². The summed E-state index contributed by atoms with van der Waals surface area (Å²) < 4.78 is 41.2. The second-order valence-electron chi connectivity index (χ2n) is 21.2. The molecule has 3 atom stereocenters. The number of hydrogen-bond donors (Lipinski definition) is 5. The lowest BCUT2D eigenvalue weighted by Gasteiger charge is -2.36. The number of nitrogens with one attached hydrogen (secondary N) is 4. The number of methoxy groups -OCH3 is 1. The van der Waals surface area contributed by atoms with Gasteiger partial charge in [0.2, 0.25) is 29.6 Å². The average molecular weight is 1180 g/mol. The highest BCUT2D eigenvalue weighted by Crippen LogP contribution is 2.39. The first-order chi connectivity index (χ1) is 38.8. The zero-order valence-corrected chi connectivity index (χ0v) is 49.7. The number of β-amino-alcohol motifs (C(OH)–C–C–N with tert-alkyl or cyclic N) is 1. The van der Waals surface area contributed by atoms with Gasteiger partial charge < -0.3 is 69.3 Å². The number of halogens is 1. The van der Waals surface area contributed by atoms with Crippen LogP contribution in [0.2, 0.25) is 5.02 Å². The van der Waals surface area contributed by atoms with Crippen LogP contribution in [0, 0.1) is 12.3 Å². The third kappa shape index (κ3) is 18.1. The minimum absolute atomic E-state index is 0.0117. The fraction of sp³-hybridized carbons (Fsp3) is 0.491. The summed E-state index contributed by atoms with van der Waals surface area (Å²) >= 11 is 8.03. The summed E-state index contributed by atoms with van der Waals surface area (Å²) in [6.45, 7) is 15.9. The van der Waals surface area contributed by atoms with Gasteiger partial charge in [0.1, 0.15) is 30.0 Å². The van der Waals surface area contributed by atoms with E-state index >= 15 is 0 Å². The molecule has 3 aromatic carbocycles. The normalized spacial score (nSPS) is 16.0. The number of para-hydroxylation sites is 1. The lowest BCUT2D eigenvalue weighted by Crippen LogP contribution is -2.57. The summed E-state index contributed by atoms with van der Waals surface area (Å²) in [5.41, 5.74) is 6.27. The van der Waals surface area contributed by atoms with Crippen LogP contribution >= 0.6 is 30.1 Å². The maximum absolute atomic E-state index is 14.0. The van der Waals surface area contributed by atoms with Gasteiger partial charge in [0.15, 0.2) is 5.82 Å². The number of thiazole rings is 1. The number of aliphatic hydroxyl groups excluding tert-OH is 1. The molecule has 0 bridgehead atoms. The number of aliphatic hydroxyl groups is 1. The highest BCUT2D eigenvalue weighted by molar-refractivity contribution is 7.70. The largest absolute Gasteiger partial charge is 0.494 e. The number of carbonyl (C=O) groups is 4. The van der Waals surface area contributed by atoms with Crippen molar-refractivity contribution in [2.75, 3.05) is 122 Å². The quantitative estimate of drug-likeness (QED) is 0.0261. The average Bonchev–Trinajstić information content (AvgIpc) is 4.29. The Kier molecular flexibility index (Phi) is 22.8. The highest BCUT2D eigenvalue weighted by atomic mass is 35.5. The van der Waals surface area contributed by atoms with Crippen molar-refractivity contribution in [1.82, 2.24) is 35.4 Å². The van der Waals surface area contributed by atoms with Gasteiger partial charge in [0.05, 0.1) is 106 Å². The molecule has 24 heteroatoms. The number of aromatic nitrogens is 3. The lowest BCUT2D eigenvalue weighted by atomic mass is 9.85. The molecule has 2 aliphatic heterocycles. The summed E-state index contributed by atoms with van der Waals surface area (Å²) in [5, 5.41) is 23.8. The van der Waals surface area contributed by atoms with Crippen molar-refractivity contribution in [3.05, 3.63) is 94.7 Å². The van der Waals surface area contributed by atoms with Crippen LogP contribution in [0.1, 0.15) is 51.3 Å². The van der Waals surface area contributed by atoms with E-state index in [1.54, 1.807) is 31.8 Å². The number of rotatable bonds is 28. The van der Waals surface area contributed by atoms with Gasteiger partial charge in [-0.25, -0.2) is 9.97 Å². The zero-order chi connectivity index (χ0) is 58.1. The number of anilines is 5. The van der Waals surface area contributed by atoms with E-state index < -0.39 is 36.7 Å². The highest BCUT2D eigenvalue weighted by Gasteiger charge is 2.44. The van der Waals surface area contributed by atoms with E-state index in [2.05, 4.69) is 41.1 Å². The van der Waals surface area contributed by atoms with E-state index in [4.69, 9.17) is 35.3 Å². The van der Waals surface area contributed by atoms with Crippen LogP contribution in [0.4, 0.5) is 28.8 Å². The monoisotopic (exact) mass is 1170 g/mol. The van der Waals surface area contributed by atoms with E-state index in [1.165, 1.54) is 11.1 Å². The van der Waals surface area contributed by atoms with Crippen molar-refractivity contribution < 1.29 is 52.5 Å². The maximum atomic E-state index is 14.0. The molecule has 81 heavy (non-hydrogen) atoms. The smallest absolute Gasteiger partial charge is 0.246 e. The number of nitrogens with zero attached hydrogens (tertiary/aromatic N) is 6. The molecule has 7 rings (SSSR count). The molecule has 2 aromatic heterocycles. The number of aryl methyl sites for hydroxylation is 1. The lowest BCUT2D eigenvalue weighted by molar-refractivity contribution is -0.144. The Morgan fingerprint density at radius 2 is 1.49 bits per heavy atom. The van der Waals surface area contributed by atoms with Gasteiger partial charge in [-0.1, -0.05) is 68.8 Å². The predicted molar refractivity (Wildman–Crippen MR) is 315 cm³/mol. The second kappa shape index (κ2) is 29.7. The van der Waals surface area contributed by atoms with Crippen LogP contribution in [0.5, 0.6) is 5.75 Å². The number of piperazine rings is 1. The van der Waals surface area contributed by atoms with Gasteiger partial charge in [-0.2, -0.15) is 4.98 Å². The van der Waals surface area contributed by atoms with Gasteiger partial charge in [-0.3, -0.25) is 19.2 Å². The first-order valence-corrected chi connectivity index (χ1v) is 30.9. The minimum Gasteiger partial charge on any atom is -0.494 e. The molecular formula is C57H76ClN10O11PS. The molecule has 0 aliphatic carbocycles. The van der Waals surface area contributed by atoms with Crippen LogP contribution in [0.3, 0.4) is 0 Å². The van der Waals surface area contributed by atoms with Crippen molar-refractivity contribution in [1.29, 1.82) is 0 Å². The Hall–Kier alpha value is -6.23. The second-order valence-corrected chi connectivity index (χ2v) is 25.6. The van der Waals surface area contributed by atoms with E-state index in [0.29, 0.717) is 92.5 Å². The third-order valence-electron chi connectivity index (χ3n) is 13.7. The number of benzene rings is 3. The molecule has 0 radical (unpaired) electrons. The molecule has 5 N–H and O–H groups in total. The van der Waals surface area contributed by atoms with Crippen LogP contribution < -0.4 is 36.2 Å². The minimum atomic E-state index is -2.58. The molecule has 21 nitrogen and oxygen atoms in total. The van der Waals surface area contributed by atoms with Gasteiger partial charge >= 0.3 is 0 Å². The van der Waals surface area contributed by atoms with Gasteiger partial charge in [-0.15, -0.1) is 11.3 Å². The molecule has 1 unspecified atom stereocenters. The fourth-order valence-electron chi connectivity index (χ4n) is 9.26. The third-order valence-corrected chi connectivity index (χ3v) is 16.5. The predicted octanol–water partition coefficient (Wildman–Crippen LogP) is 6.61. The summed E-state index contributed by atoms with van der Waals surface area (Å²) in [4.78, 5) is 73.3. The van der Waals surface area contributed by atoms with E-state index in [0.717, 1.165) is 27.4 Å². The molecule has 0 saturated carbocycles. The fourth-order valence-corrected chi connectivity index (χ4v) is 11.4. The number of ether oxygens (including phenoxy) is 5. The molecule has 4 heterocycles. The Morgan fingerprint density at radius 3 is 2.12 bits per heavy atom. The topological polar surface area (TPSA) is 248 Å². The molecule has 2 saturated heterocycles. The summed E-state index contributed by atoms with van der Waals surface area (Å²) in [7, 11) is -0.989. The van der Waals surface area contributed by atoms with Crippen LogP contribution in [0.15, 0.2) is 78.4 Å². The molecule has 2 fully saturated rings. The first kappa shape index (κ1) is 62.4. The number of hydrogen-bond acceptors (Lipinski definition) is 18. The SMILES string of the molecule is COc1cc(N2CCN(C(=O)CCOCCOCCOCCOCCC(=O)NC(C(=O)N3C[C@H](O)C[C@H]3C(=O)NCc3ccc(-c4scnc4C)cc3)C(C)(C)C)CC2)ccc1Nc1ncc(Cl)c(Nc2ccccc2P(C)(C)=O)n1. The first-order valence-electron chi connectivity index (χ1n) is 27.1. The van der Waals surface area contributed by atoms with Crippen molar-refractivity contribution in [3.63, 3.8) is 0 Å². The number of amides is 4. The molecule has 438 valence electrons. The van der Waals surface area contributed by atoms with Gasteiger partial charge in [-0.05, 0) is 61.1 Å². The van der Waals surface area contributed by atoms with Crippen molar-refractivity contribution in [2.45, 2.75) is 71.7 Å². The zero-order valence-electron chi connectivity index (χ0n) is 47.2. The summed E-state index contributed by atoms with van der Waals surface area (Å²) in [5.74, 6) is 0.0824. The molecule has 4 amide bonds. The molecule has 5 aromatic rings. The number of likely N-dealkylation sites (tertiary alicyclic amines) is 1. The van der Waals surface area contributed by atoms with Gasteiger partial charge in [0.25, 0.3) is 0 Å². The summed E-state index contributed by atoms with van der Waals surface area (Å²) in [6.07, 6.45) is 0.991. The Bertz CT molecular complexity index is 2950. The van der Waals surface area contributed by atoms with E-state index in [1.807, 2.05) is 105 Å². The maximum Gasteiger partial charge on any atom is 0.246 e.